The van der Waals surface area contributed by atoms with E-state index in [4.69, 9.17) is 5.26 Å². The summed E-state index contributed by atoms with van der Waals surface area (Å²) in [5, 5.41) is 11.4. The number of benzene rings is 1. The highest BCUT2D eigenvalue weighted by atomic mass is 79.9. The summed E-state index contributed by atoms with van der Waals surface area (Å²) in [6.45, 7) is 1.53. The van der Waals surface area contributed by atoms with Crippen molar-refractivity contribution in [2.75, 3.05) is 5.32 Å². The molecule has 0 aliphatic rings. The lowest BCUT2D eigenvalue weighted by Gasteiger charge is -2.09. The molecule has 1 N–H and O–H groups in total. The van der Waals surface area contributed by atoms with Crippen LogP contribution >= 0.6 is 15.9 Å². The first-order chi connectivity index (χ1) is 9.51. The third-order valence-corrected chi connectivity index (χ3v) is 3.12. The minimum absolute atomic E-state index is 0.149. The number of hydrogen-bond donors (Lipinski definition) is 1. The summed E-state index contributed by atoms with van der Waals surface area (Å²) in [7, 11) is 0. The van der Waals surface area contributed by atoms with E-state index in [0.717, 1.165) is 6.07 Å². The predicted molar refractivity (Wildman–Crippen MR) is 75.7 cm³/mol. The van der Waals surface area contributed by atoms with Crippen LogP contribution in [0.25, 0.3) is 0 Å². The zero-order valence-corrected chi connectivity index (χ0v) is 12.0. The van der Waals surface area contributed by atoms with Crippen LogP contribution in [0.5, 0.6) is 0 Å². The van der Waals surface area contributed by atoms with Gasteiger partial charge in [-0.05, 0) is 41.1 Å². The summed E-state index contributed by atoms with van der Waals surface area (Å²) in [4.78, 5) is 15.9. The number of nitriles is 1. The molecule has 0 atom stereocenters. The molecule has 2 rings (SSSR count). The highest BCUT2D eigenvalue weighted by Gasteiger charge is 2.12. The van der Waals surface area contributed by atoms with Crippen LogP contribution < -0.4 is 5.32 Å². The molecule has 0 fully saturated rings. The maximum Gasteiger partial charge on any atom is 0.257 e. The fourth-order valence-electron chi connectivity index (χ4n) is 1.60. The predicted octanol–water partition coefficient (Wildman–Crippen LogP) is 3.42. The average Bonchev–Trinajstić information content (AvgIpc) is 2.43. The smallest absolute Gasteiger partial charge is 0.257 e. The minimum atomic E-state index is -0.535. The fraction of sp³-hybridized carbons (Fsp3) is 0.0714. The number of pyridine rings is 1. The van der Waals surface area contributed by atoms with Crippen LogP contribution in [0.15, 0.2) is 35.1 Å². The Kier molecular flexibility index (Phi) is 4.11. The van der Waals surface area contributed by atoms with Gasteiger partial charge in [-0.25, -0.2) is 4.39 Å². The van der Waals surface area contributed by atoms with E-state index in [1.165, 1.54) is 19.2 Å². The molecule has 0 unspecified atom stereocenters. The Morgan fingerprint density at radius 2 is 2.15 bits per heavy atom. The summed E-state index contributed by atoms with van der Waals surface area (Å²) in [6.07, 6.45) is 2.96. The van der Waals surface area contributed by atoms with Crippen molar-refractivity contribution in [1.29, 1.82) is 5.26 Å². The van der Waals surface area contributed by atoms with Crippen LogP contribution in [-0.2, 0) is 0 Å². The molecular weight excluding hydrogens is 325 g/mol. The molecule has 100 valence electrons. The summed E-state index contributed by atoms with van der Waals surface area (Å²) >= 11 is 3.22. The average molecular weight is 334 g/mol. The van der Waals surface area contributed by atoms with Gasteiger partial charge in [-0.3, -0.25) is 9.78 Å². The second kappa shape index (κ2) is 5.80. The van der Waals surface area contributed by atoms with Gasteiger partial charge in [-0.15, -0.1) is 0 Å². The van der Waals surface area contributed by atoms with Crippen molar-refractivity contribution in [3.63, 3.8) is 0 Å². The summed E-state index contributed by atoms with van der Waals surface area (Å²) in [5.41, 5.74) is 1.03. The third-order valence-electron chi connectivity index (χ3n) is 2.69. The van der Waals surface area contributed by atoms with Gasteiger partial charge in [0.2, 0.25) is 0 Å². The van der Waals surface area contributed by atoms with Crippen LogP contribution in [0, 0.1) is 24.1 Å². The van der Waals surface area contributed by atoms with E-state index in [9.17, 15) is 9.18 Å². The van der Waals surface area contributed by atoms with Crippen molar-refractivity contribution < 1.29 is 9.18 Å². The van der Waals surface area contributed by atoms with Gasteiger partial charge in [-0.2, -0.15) is 5.26 Å². The van der Waals surface area contributed by atoms with E-state index in [2.05, 4.69) is 26.2 Å². The summed E-state index contributed by atoms with van der Waals surface area (Å²) < 4.78 is 14.3. The maximum absolute atomic E-state index is 13.6. The van der Waals surface area contributed by atoms with Crippen LogP contribution in [0.4, 0.5) is 10.1 Å². The number of halogens is 2. The Morgan fingerprint density at radius 1 is 1.40 bits per heavy atom. The van der Waals surface area contributed by atoms with Gasteiger partial charge in [0.1, 0.15) is 5.82 Å². The second-order valence-corrected chi connectivity index (χ2v) is 5.00. The topological polar surface area (TPSA) is 65.8 Å². The first-order valence-electron chi connectivity index (χ1n) is 5.63. The van der Waals surface area contributed by atoms with E-state index in [1.807, 2.05) is 6.07 Å². The van der Waals surface area contributed by atoms with Crippen molar-refractivity contribution in [3.05, 3.63) is 57.6 Å². The van der Waals surface area contributed by atoms with Gasteiger partial charge in [0.25, 0.3) is 5.91 Å². The zero-order valence-electron chi connectivity index (χ0n) is 10.4. The molecule has 1 amide bonds. The lowest BCUT2D eigenvalue weighted by atomic mass is 10.1. The molecule has 0 bridgehead atoms. The monoisotopic (exact) mass is 333 g/mol. The zero-order chi connectivity index (χ0) is 14.7. The first-order valence-corrected chi connectivity index (χ1v) is 6.42. The molecule has 2 aromatic rings. The molecule has 1 aromatic carbocycles. The van der Waals surface area contributed by atoms with Crippen molar-refractivity contribution in [1.82, 2.24) is 4.98 Å². The highest BCUT2D eigenvalue weighted by molar-refractivity contribution is 9.10. The van der Waals surface area contributed by atoms with E-state index >= 15 is 0 Å². The SMILES string of the molecule is Cc1c(F)cc(C#N)cc1NC(=O)c1cncc(Br)c1. The molecular formula is C14H9BrFN3O. The quantitative estimate of drug-likeness (QED) is 0.915. The Bertz CT molecular complexity index is 725. The number of nitrogens with one attached hydrogen (secondary N) is 1. The molecule has 0 saturated heterocycles. The largest absolute Gasteiger partial charge is 0.322 e. The first kappa shape index (κ1) is 14.2. The van der Waals surface area contributed by atoms with Crippen molar-refractivity contribution in [2.24, 2.45) is 0 Å². The Labute approximate surface area is 123 Å². The van der Waals surface area contributed by atoms with E-state index < -0.39 is 11.7 Å². The number of hydrogen-bond acceptors (Lipinski definition) is 3. The Morgan fingerprint density at radius 3 is 2.80 bits per heavy atom. The fourth-order valence-corrected chi connectivity index (χ4v) is 1.97. The van der Waals surface area contributed by atoms with E-state index in [0.29, 0.717) is 10.0 Å². The molecule has 4 nitrogen and oxygen atoms in total. The second-order valence-electron chi connectivity index (χ2n) is 4.09. The van der Waals surface area contributed by atoms with Gasteiger partial charge >= 0.3 is 0 Å². The molecule has 1 heterocycles. The van der Waals surface area contributed by atoms with Crippen molar-refractivity contribution in [2.45, 2.75) is 6.92 Å². The minimum Gasteiger partial charge on any atom is -0.322 e. The van der Waals surface area contributed by atoms with Gasteiger partial charge in [-0.1, -0.05) is 0 Å². The van der Waals surface area contributed by atoms with Crippen LogP contribution in [0.2, 0.25) is 0 Å². The number of carbonyl (C=O) groups excluding carboxylic acids is 1. The number of anilines is 1. The Balaban J connectivity index is 2.33. The molecule has 0 saturated carbocycles. The van der Waals surface area contributed by atoms with E-state index in [1.54, 1.807) is 12.3 Å². The molecule has 0 aliphatic carbocycles. The lowest BCUT2D eigenvalue weighted by Crippen LogP contribution is -2.13. The van der Waals surface area contributed by atoms with Crippen LogP contribution in [-0.4, -0.2) is 10.9 Å². The summed E-state index contributed by atoms with van der Waals surface area (Å²) in [5.74, 6) is -0.955. The van der Waals surface area contributed by atoms with Gasteiger partial charge in [0.05, 0.1) is 17.2 Å². The highest BCUT2D eigenvalue weighted by Crippen LogP contribution is 2.21. The molecule has 20 heavy (non-hydrogen) atoms. The van der Waals surface area contributed by atoms with E-state index in [-0.39, 0.29) is 16.8 Å². The normalized spacial score (nSPS) is 9.90. The van der Waals surface area contributed by atoms with Crippen molar-refractivity contribution >= 4 is 27.5 Å². The molecule has 6 heteroatoms. The maximum atomic E-state index is 13.6. The number of amides is 1. The van der Waals surface area contributed by atoms with Gasteiger partial charge in [0, 0.05) is 28.1 Å². The van der Waals surface area contributed by atoms with Gasteiger partial charge in [0.15, 0.2) is 0 Å². The third kappa shape index (κ3) is 3.00. The molecule has 0 spiro atoms. The van der Waals surface area contributed by atoms with Crippen LogP contribution in [0.1, 0.15) is 21.5 Å². The molecule has 0 radical (unpaired) electrons. The Hall–Kier alpha value is -2.26. The number of nitrogens with zero attached hydrogens (tertiary/aromatic N) is 2. The molecule has 0 aliphatic heterocycles. The number of rotatable bonds is 2. The van der Waals surface area contributed by atoms with Crippen LogP contribution in [0.3, 0.4) is 0 Å². The standard InChI is InChI=1S/C14H9BrFN3O/c1-8-12(16)2-9(5-17)3-13(8)19-14(20)10-4-11(15)7-18-6-10/h2-4,6-7H,1H3,(H,19,20). The van der Waals surface area contributed by atoms with Crippen molar-refractivity contribution in [3.8, 4) is 6.07 Å². The van der Waals surface area contributed by atoms with Gasteiger partial charge < -0.3 is 5.32 Å². The number of aromatic nitrogens is 1. The number of carbonyl (C=O) groups is 1. The molecule has 1 aromatic heterocycles. The summed E-state index contributed by atoms with van der Waals surface area (Å²) in [6, 6.07) is 6.01. The lowest BCUT2D eigenvalue weighted by molar-refractivity contribution is 0.102.